The molecule has 0 saturated heterocycles. The van der Waals surface area contributed by atoms with Gasteiger partial charge in [0.15, 0.2) is 0 Å². The van der Waals surface area contributed by atoms with Gasteiger partial charge in [-0.2, -0.15) is 0 Å². The minimum Gasteiger partial charge on any atom is -0.466 e. The summed E-state index contributed by atoms with van der Waals surface area (Å²) >= 11 is 0. The zero-order valence-corrected chi connectivity index (χ0v) is 21.0. The molecule has 0 aliphatic rings. The van der Waals surface area contributed by atoms with E-state index in [0.717, 1.165) is 16.7 Å². The van der Waals surface area contributed by atoms with E-state index >= 15 is 0 Å². The molecule has 0 aliphatic carbocycles. The van der Waals surface area contributed by atoms with Gasteiger partial charge in [0, 0.05) is 6.61 Å². The summed E-state index contributed by atoms with van der Waals surface area (Å²) in [6.07, 6.45) is 0.639. The SMILES string of the molecule is CCOC(=O)CC(C)c1cccc(C(C)(CCOC(C)(C)CO)C(=O)OCc2ccccc2)c1. The first-order valence-corrected chi connectivity index (χ1v) is 11.8. The van der Waals surface area contributed by atoms with Crippen molar-refractivity contribution in [1.82, 2.24) is 0 Å². The van der Waals surface area contributed by atoms with Crippen molar-refractivity contribution in [3.63, 3.8) is 0 Å². The van der Waals surface area contributed by atoms with Gasteiger partial charge in [0.25, 0.3) is 0 Å². The van der Waals surface area contributed by atoms with Crippen LogP contribution in [0, 0.1) is 0 Å². The highest BCUT2D eigenvalue weighted by Gasteiger charge is 2.37. The average Bonchev–Trinajstić information content (AvgIpc) is 2.83. The van der Waals surface area contributed by atoms with Crippen LogP contribution in [0.5, 0.6) is 0 Å². The molecule has 2 atom stereocenters. The molecule has 0 fully saturated rings. The second-order valence-corrected chi connectivity index (χ2v) is 9.45. The molecule has 0 amide bonds. The molecular weight excluding hydrogens is 432 g/mol. The maximum atomic E-state index is 13.4. The highest BCUT2D eigenvalue weighted by molar-refractivity contribution is 5.83. The summed E-state index contributed by atoms with van der Waals surface area (Å²) < 4.78 is 16.7. The monoisotopic (exact) mass is 470 g/mol. The first-order chi connectivity index (χ1) is 16.1. The molecule has 2 unspecified atom stereocenters. The predicted octanol–water partition coefficient (Wildman–Crippen LogP) is 4.92. The fourth-order valence-corrected chi connectivity index (χ4v) is 3.60. The molecule has 186 valence electrons. The summed E-state index contributed by atoms with van der Waals surface area (Å²) in [6.45, 7) is 9.88. The number of benzene rings is 2. The van der Waals surface area contributed by atoms with Gasteiger partial charge in [-0.3, -0.25) is 9.59 Å². The fraction of sp³-hybridized carbons (Fsp3) is 0.500. The summed E-state index contributed by atoms with van der Waals surface area (Å²) in [5.41, 5.74) is 0.978. The number of hydrogen-bond donors (Lipinski definition) is 1. The van der Waals surface area contributed by atoms with Gasteiger partial charge >= 0.3 is 11.9 Å². The molecule has 34 heavy (non-hydrogen) atoms. The number of hydrogen-bond acceptors (Lipinski definition) is 6. The van der Waals surface area contributed by atoms with Gasteiger partial charge in [0.1, 0.15) is 6.61 Å². The minimum absolute atomic E-state index is 0.0619. The number of carbonyl (C=O) groups excluding carboxylic acids is 2. The quantitative estimate of drug-likeness (QED) is 0.419. The number of carbonyl (C=O) groups is 2. The lowest BCUT2D eigenvalue weighted by Gasteiger charge is -2.31. The zero-order chi connectivity index (χ0) is 25.2. The van der Waals surface area contributed by atoms with E-state index in [9.17, 15) is 14.7 Å². The number of aliphatic hydroxyl groups is 1. The normalized spacial score (nSPS) is 14.2. The van der Waals surface area contributed by atoms with Crippen molar-refractivity contribution >= 4 is 11.9 Å². The van der Waals surface area contributed by atoms with E-state index in [1.807, 2.05) is 68.4 Å². The second-order valence-electron chi connectivity index (χ2n) is 9.45. The summed E-state index contributed by atoms with van der Waals surface area (Å²) in [5, 5.41) is 9.51. The van der Waals surface area contributed by atoms with Gasteiger partial charge in [-0.15, -0.1) is 0 Å². The molecule has 2 rings (SSSR count). The van der Waals surface area contributed by atoms with E-state index in [0.29, 0.717) is 13.0 Å². The molecular formula is C28H38O6. The molecule has 0 heterocycles. The summed E-state index contributed by atoms with van der Waals surface area (Å²) in [4.78, 5) is 25.4. The largest absolute Gasteiger partial charge is 0.466 e. The Balaban J connectivity index is 2.26. The van der Waals surface area contributed by atoms with E-state index in [1.165, 1.54) is 0 Å². The Morgan fingerprint density at radius 1 is 1.00 bits per heavy atom. The standard InChI is InChI=1S/C28H38O6/c1-6-32-25(30)17-21(2)23-13-10-14-24(18-23)28(5,15-16-34-27(3,4)20-29)26(31)33-19-22-11-8-7-9-12-22/h7-14,18,21,29H,6,15-17,19-20H2,1-5H3. The van der Waals surface area contributed by atoms with Crippen LogP contribution in [0.1, 0.15) is 70.1 Å². The van der Waals surface area contributed by atoms with E-state index < -0.39 is 11.0 Å². The van der Waals surface area contributed by atoms with Crippen molar-refractivity contribution in [2.75, 3.05) is 19.8 Å². The Hall–Kier alpha value is -2.70. The van der Waals surface area contributed by atoms with Crippen LogP contribution in [-0.4, -0.2) is 42.5 Å². The van der Waals surface area contributed by atoms with Crippen molar-refractivity contribution in [3.05, 3.63) is 71.3 Å². The van der Waals surface area contributed by atoms with E-state index in [1.54, 1.807) is 20.8 Å². The van der Waals surface area contributed by atoms with Gasteiger partial charge in [-0.1, -0.05) is 61.5 Å². The van der Waals surface area contributed by atoms with E-state index in [4.69, 9.17) is 14.2 Å². The van der Waals surface area contributed by atoms with Crippen LogP contribution in [0.4, 0.5) is 0 Å². The topological polar surface area (TPSA) is 82.1 Å². The minimum atomic E-state index is -0.972. The smallest absolute Gasteiger partial charge is 0.316 e. The third-order valence-corrected chi connectivity index (χ3v) is 6.01. The van der Waals surface area contributed by atoms with E-state index in [2.05, 4.69) is 0 Å². The molecule has 6 heteroatoms. The Morgan fingerprint density at radius 3 is 2.35 bits per heavy atom. The Morgan fingerprint density at radius 2 is 1.71 bits per heavy atom. The summed E-state index contributed by atoms with van der Waals surface area (Å²) in [6, 6.07) is 17.3. The summed E-state index contributed by atoms with van der Waals surface area (Å²) in [7, 11) is 0. The number of ether oxygens (including phenoxy) is 3. The second kappa shape index (κ2) is 12.7. The van der Waals surface area contributed by atoms with Gasteiger partial charge in [-0.25, -0.2) is 0 Å². The van der Waals surface area contributed by atoms with Crippen LogP contribution in [0.2, 0.25) is 0 Å². The predicted molar refractivity (Wildman–Crippen MR) is 131 cm³/mol. The van der Waals surface area contributed by atoms with Crippen LogP contribution in [-0.2, 0) is 35.8 Å². The Bertz CT molecular complexity index is 924. The lowest BCUT2D eigenvalue weighted by molar-refractivity contribution is -0.153. The van der Waals surface area contributed by atoms with Crippen molar-refractivity contribution in [2.24, 2.45) is 0 Å². The molecule has 1 N–H and O–H groups in total. The number of rotatable bonds is 13. The first kappa shape index (κ1) is 27.5. The molecule has 2 aromatic carbocycles. The van der Waals surface area contributed by atoms with Crippen molar-refractivity contribution in [3.8, 4) is 0 Å². The van der Waals surface area contributed by atoms with Crippen LogP contribution < -0.4 is 0 Å². The van der Waals surface area contributed by atoms with Crippen LogP contribution in [0.25, 0.3) is 0 Å². The summed E-state index contributed by atoms with van der Waals surface area (Å²) in [5.74, 6) is -0.657. The van der Waals surface area contributed by atoms with Crippen molar-refractivity contribution in [1.29, 1.82) is 0 Å². The molecule has 0 saturated carbocycles. The highest BCUT2D eigenvalue weighted by Crippen LogP contribution is 2.33. The lowest BCUT2D eigenvalue weighted by Crippen LogP contribution is -2.38. The van der Waals surface area contributed by atoms with Crippen LogP contribution in [0.3, 0.4) is 0 Å². The Kier molecular flexibility index (Phi) is 10.3. The lowest BCUT2D eigenvalue weighted by atomic mass is 9.78. The molecule has 6 nitrogen and oxygen atoms in total. The Labute approximate surface area is 203 Å². The molecule has 0 aromatic heterocycles. The van der Waals surface area contributed by atoms with Crippen LogP contribution >= 0.6 is 0 Å². The molecule has 0 bridgehead atoms. The zero-order valence-electron chi connectivity index (χ0n) is 21.0. The number of aliphatic hydroxyl groups excluding tert-OH is 1. The molecule has 2 aromatic rings. The van der Waals surface area contributed by atoms with E-state index in [-0.39, 0.29) is 44.1 Å². The average molecular weight is 471 g/mol. The number of esters is 2. The molecule has 0 spiro atoms. The first-order valence-electron chi connectivity index (χ1n) is 11.8. The van der Waals surface area contributed by atoms with Gasteiger partial charge < -0.3 is 19.3 Å². The molecule has 0 radical (unpaired) electrons. The molecule has 0 aliphatic heterocycles. The fourth-order valence-electron chi connectivity index (χ4n) is 3.60. The third-order valence-electron chi connectivity index (χ3n) is 6.01. The maximum absolute atomic E-state index is 13.4. The van der Waals surface area contributed by atoms with Crippen LogP contribution in [0.15, 0.2) is 54.6 Å². The maximum Gasteiger partial charge on any atom is 0.316 e. The van der Waals surface area contributed by atoms with Crippen molar-refractivity contribution < 1.29 is 28.9 Å². The third kappa shape index (κ3) is 7.96. The highest BCUT2D eigenvalue weighted by atomic mass is 16.5. The van der Waals surface area contributed by atoms with Gasteiger partial charge in [0.2, 0.25) is 0 Å². The van der Waals surface area contributed by atoms with Crippen molar-refractivity contribution in [2.45, 2.75) is 71.0 Å². The van der Waals surface area contributed by atoms with Gasteiger partial charge in [0.05, 0.1) is 30.7 Å². The van der Waals surface area contributed by atoms with Gasteiger partial charge in [-0.05, 0) is 56.7 Å².